The fourth-order valence-electron chi connectivity index (χ4n) is 2.82. The number of carbonyl (C=O) groups excluding carboxylic acids is 3. The van der Waals surface area contributed by atoms with Gasteiger partial charge in [-0.2, -0.15) is 0 Å². The molecule has 7 heteroatoms. The highest BCUT2D eigenvalue weighted by Crippen LogP contribution is 2.41. The molecule has 5 atom stereocenters. The summed E-state index contributed by atoms with van der Waals surface area (Å²) in [6.45, 7) is 5.16. The van der Waals surface area contributed by atoms with E-state index in [1.165, 1.54) is 13.2 Å². The van der Waals surface area contributed by atoms with Gasteiger partial charge in [0.2, 0.25) is 0 Å². The Kier molecular flexibility index (Phi) is 4.85. The minimum atomic E-state index is -0.950. The summed E-state index contributed by atoms with van der Waals surface area (Å²) in [6.07, 6.45) is 2.46. The molecular weight excluding hydrogens is 292 g/mol. The lowest BCUT2D eigenvalue weighted by atomic mass is 9.74. The molecule has 2 rings (SSSR count). The Bertz CT molecular complexity index is 510. The minimum Gasteiger partial charge on any atom is -0.469 e. The lowest BCUT2D eigenvalue weighted by Gasteiger charge is -2.31. The molecule has 0 N–H and O–H groups in total. The number of esters is 2. The largest absolute Gasteiger partial charge is 0.509 e. The number of carbonyl (C=O) groups is 3. The molecule has 0 spiro atoms. The zero-order chi connectivity index (χ0) is 16.3. The molecule has 120 valence electrons. The maximum Gasteiger partial charge on any atom is 0.509 e. The normalized spacial score (nSPS) is 32.6. The maximum atomic E-state index is 12.1. The summed E-state index contributed by atoms with van der Waals surface area (Å²) in [5, 5.41) is 0. The van der Waals surface area contributed by atoms with Crippen molar-refractivity contribution >= 4 is 18.1 Å². The molecule has 0 aromatic heterocycles. The molecule has 2 aliphatic rings. The van der Waals surface area contributed by atoms with Crippen LogP contribution in [0.2, 0.25) is 0 Å². The van der Waals surface area contributed by atoms with Crippen LogP contribution in [0.5, 0.6) is 0 Å². The van der Waals surface area contributed by atoms with Crippen LogP contribution in [-0.4, -0.2) is 44.0 Å². The van der Waals surface area contributed by atoms with E-state index in [0.717, 1.165) is 0 Å². The van der Waals surface area contributed by atoms with Crippen LogP contribution >= 0.6 is 0 Å². The second-order valence-corrected chi connectivity index (χ2v) is 5.11. The van der Waals surface area contributed by atoms with Gasteiger partial charge in [-0.15, -0.1) is 0 Å². The highest BCUT2D eigenvalue weighted by Gasteiger charge is 2.54. The minimum absolute atomic E-state index is 0.0106. The van der Waals surface area contributed by atoms with Gasteiger partial charge >= 0.3 is 18.1 Å². The van der Waals surface area contributed by atoms with Crippen molar-refractivity contribution in [2.24, 2.45) is 17.8 Å². The Morgan fingerprint density at radius 3 is 2.77 bits per heavy atom. The van der Waals surface area contributed by atoms with E-state index >= 15 is 0 Å². The third-order valence-electron chi connectivity index (χ3n) is 3.82. The van der Waals surface area contributed by atoms with E-state index in [4.69, 9.17) is 18.9 Å². The fraction of sp³-hybridized carbons (Fsp3) is 0.533. The van der Waals surface area contributed by atoms with E-state index in [2.05, 4.69) is 6.58 Å². The van der Waals surface area contributed by atoms with E-state index in [9.17, 15) is 14.4 Å². The second kappa shape index (κ2) is 6.64. The van der Waals surface area contributed by atoms with Gasteiger partial charge in [-0.1, -0.05) is 18.7 Å². The zero-order valence-corrected chi connectivity index (χ0v) is 12.4. The summed E-state index contributed by atoms with van der Waals surface area (Å²) in [5.74, 6) is -3.06. The number of cyclic esters (lactones) is 1. The molecule has 0 amide bonds. The van der Waals surface area contributed by atoms with E-state index in [1.54, 1.807) is 19.1 Å². The predicted octanol–water partition coefficient (Wildman–Crippen LogP) is 1.23. The molecule has 0 aromatic carbocycles. The first kappa shape index (κ1) is 16.1. The van der Waals surface area contributed by atoms with Gasteiger partial charge in [0.05, 0.1) is 13.0 Å². The average Bonchev–Trinajstić information content (AvgIpc) is 2.79. The summed E-state index contributed by atoms with van der Waals surface area (Å²) in [6, 6.07) is 0. The van der Waals surface area contributed by atoms with Gasteiger partial charge in [0.15, 0.2) is 0 Å². The van der Waals surface area contributed by atoms with Gasteiger partial charge < -0.3 is 18.9 Å². The third-order valence-corrected chi connectivity index (χ3v) is 3.82. The van der Waals surface area contributed by atoms with Gasteiger partial charge in [0.1, 0.15) is 24.7 Å². The lowest BCUT2D eigenvalue weighted by Crippen LogP contribution is -2.44. The van der Waals surface area contributed by atoms with Crippen molar-refractivity contribution in [1.82, 2.24) is 0 Å². The Morgan fingerprint density at radius 2 is 2.14 bits per heavy atom. The molecule has 1 unspecified atom stereocenters. The Labute approximate surface area is 127 Å². The van der Waals surface area contributed by atoms with Gasteiger partial charge in [-0.05, 0) is 13.0 Å². The molecule has 1 aliphatic heterocycles. The molecular formula is C15H18O7. The summed E-state index contributed by atoms with van der Waals surface area (Å²) < 4.78 is 19.8. The SMILES string of the molecule is C=CCOC(=O)O[C@@H]1C=C[C@H]2C(C(=O)O[C@@H]2C)[C@@H]1C(=O)OC. The second-order valence-electron chi connectivity index (χ2n) is 5.11. The van der Waals surface area contributed by atoms with Crippen LogP contribution in [-0.2, 0) is 28.5 Å². The topological polar surface area (TPSA) is 88.1 Å². The Hall–Kier alpha value is -2.31. The number of fused-ring (bicyclic) bond motifs is 1. The van der Waals surface area contributed by atoms with Crippen molar-refractivity contribution in [2.75, 3.05) is 13.7 Å². The van der Waals surface area contributed by atoms with Gasteiger partial charge in [-0.3, -0.25) is 9.59 Å². The van der Waals surface area contributed by atoms with E-state index in [-0.39, 0.29) is 18.6 Å². The first-order valence-electron chi connectivity index (χ1n) is 6.90. The Morgan fingerprint density at radius 1 is 1.41 bits per heavy atom. The van der Waals surface area contributed by atoms with Gasteiger partial charge in [-0.25, -0.2) is 4.79 Å². The average molecular weight is 310 g/mol. The van der Waals surface area contributed by atoms with Crippen LogP contribution < -0.4 is 0 Å². The van der Waals surface area contributed by atoms with E-state index < -0.39 is 36.0 Å². The molecule has 1 fully saturated rings. The highest BCUT2D eigenvalue weighted by atomic mass is 16.7. The van der Waals surface area contributed by atoms with Crippen LogP contribution in [0.3, 0.4) is 0 Å². The lowest BCUT2D eigenvalue weighted by molar-refractivity contribution is -0.159. The maximum absolute atomic E-state index is 12.1. The van der Waals surface area contributed by atoms with Gasteiger partial charge in [0.25, 0.3) is 0 Å². The number of rotatable bonds is 4. The fourth-order valence-corrected chi connectivity index (χ4v) is 2.82. The van der Waals surface area contributed by atoms with Crippen LogP contribution in [0.15, 0.2) is 24.8 Å². The van der Waals surface area contributed by atoms with Crippen molar-refractivity contribution in [3.8, 4) is 0 Å². The van der Waals surface area contributed by atoms with Crippen molar-refractivity contribution in [1.29, 1.82) is 0 Å². The quantitative estimate of drug-likeness (QED) is 0.438. The first-order chi connectivity index (χ1) is 10.5. The van der Waals surface area contributed by atoms with Crippen molar-refractivity contribution in [3.63, 3.8) is 0 Å². The third kappa shape index (κ3) is 2.98. The number of methoxy groups -OCH3 is 1. The van der Waals surface area contributed by atoms with Crippen LogP contribution in [0, 0.1) is 17.8 Å². The zero-order valence-electron chi connectivity index (χ0n) is 12.4. The van der Waals surface area contributed by atoms with Crippen LogP contribution in [0.25, 0.3) is 0 Å². The number of ether oxygens (including phenoxy) is 4. The van der Waals surface area contributed by atoms with Crippen molar-refractivity contribution in [2.45, 2.75) is 19.1 Å². The van der Waals surface area contributed by atoms with E-state index in [0.29, 0.717) is 0 Å². The smallest absolute Gasteiger partial charge is 0.469 e. The van der Waals surface area contributed by atoms with E-state index in [1.807, 2.05) is 0 Å². The van der Waals surface area contributed by atoms with Crippen LogP contribution in [0.1, 0.15) is 6.92 Å². The van der Waals surface area contributed by atoms with Gasteiger partial charge in [0, 0.05) is 5.92 Å². The molecule has 22 heavy (non-hydrogen) atoms. The molecule has 0 bridgehead atoms. The molecule has 0 saturated carbocycles. The number of hydrogen-bond donors (Lipinski definition) is 0. The summed E-state index contributed by atoms with van der Waals surface area (Å²) >= 11 is 0. The Balaban J connectivity index is 2.21. The van der Waals surface area contributed by atoms with Crippen LogP contribution in [0.4, 0.5) is 4.79 Å². The number of hydrogen-bond acceptors (Lipinski definition) is 7. The first-order valence-corrected chi connectivity index (χ1v) is 6.90. The predicted molar refractivity (Wildman–Crippen MR) is 73.6 cm³/mol. The molecule has 1 heterocycles. The van der Waals surface area contributed by atoms with Crippen molar-refractivity contribution < 1.29 is 33.3 Å². The standard InChI is InChI=1S/C15H18O7/c1-4-7-20-15(18)22-10-6-5-9-8(2)21-14(17)11(9)12(10)13(16)19-3/h4-6,8-12H,1,7H2,2-3H3/t8-,9-,10-,11?,12-/m1/s1. The molecule has 1 saturated heterocycles. The molecule has 7 nitrogen and oxygen atoms in total. The summed E-state index contributed by atoms with van der Waals surface area (Å²) in [4.78, 5) is 35.6. The molecule has 1 aliphatic carbocycles. The molecule has 0 aromatic rings. The molecule has 0 radical (unpaired) electrons. The van der Waals surface area contributed by atoms with Crippen molar-refractivity contribution in [3.05, 3.63) is 24.8 Å². The monoisotopic (exact) mass is 310 g/mol. The summed E-state index contributed by atoms with van der Waals surface area (Å²) in [5.41, 5.74) is 0. The highest BCUT2D eigenvalue weighted by molar-refractivity contribution is 5.85. The summed E-state index contributed by atoms with van der Waals surface area (Å²) in [7, 11) is 1.21.